The number of benzene rings is 4. The zero-order chi connectivity index (χ0) is 20.9. The van der Waals surface area contributed by atoms with Crippen LogP contribution in [0.5, 0.6) is 0 Å². The first-order chi connectivity index (χ1) is 14.8. The molecule has 150 valence electrons. The Hall–Kier alpha value is -3.20. The van der Waals surface area contributed by atoms with E-state index >= 15 is 0 Å². The van der Waals surface area contributed by atoms with Gasteiger partial charge in [0.1, 0.15) is 0 Å². The summed E-state index contributed by atoms with van der Waals surface area (Å²) in [6.07, 6.45) is 0. The Balaban J connectivity index is 2.17. The summed E-state index contributed by atoms with van der Waals surface area (Å²) in [7, 11) is 3.53. The van der Waals surface area contributed by atoms with Crippen molar-refractivity contribution < 1.29 is 9.47 Å². The van der Waals surface area contributed by atoms with Gasteiger partial charge >= 0.3 is 0 Å². The highest BCUT2D eigenvalue weighted by Crippen LogP contribution is 2.53. The van der Waals surface area contributed by atoms with Gasteiger partial charge < -0.3 is 9.47 Å². The van der Waals surface area contributed by atoms with Gasteiger partial charge in [-0.3, -0.25) is 0 Å². The minimum atomic E-state index is -0.924. The van der Waals surface area contributed by atoms with Crippen LogP contribution >= 0.6 is 0 Å². The van der Waals surface area contributed by atoms with E-state index in [4.69, 9.17) is 9.47 Å². The first-order valence-electron chi connectivity index (χ1n) is 10.1. The van der Waals surface area contributed by atoms with Crippen molar-refractivity contribution in [1.82, 2.24) is 0 Å². The quantitative estimate of drug-likeness (QED) is 0.373. The van der Waals surface area contributed by atoms with Crippen LogP contribution in [0.3, 0.4) is 0 Å². The maximum Gasteiger partial charge on any atom is 0.155 e. The Morgan fingerprint density at radius 1 is 0.367 bits per heavy atom. The number of hydrogen-bond acceptors (Lipinski definition) is 2. The molecule has 0 unspecified atom stereocenters. The number of methoxy groups -OCH3 is 2. The smallest absolute Gasteiger partial charge is 0.155 e. The lowest BCUT2D eigenvalue weighted by atomic mass is 9.66. The molecule has 0 spiro atoms. The van der Waals surface area contributed by atoms with Crippen molar-refractivity contribution in [3.05, 3.63) is 144 Å². The minimum Gasteiger partial charge on any atom is -0.365 e. The van der Waals surface area contributed by atoms with Crippen LogP contribution in [0.25, 0.3) is 0 Å². The third kappa shape index (κ3) is 3.06. The van der Waals surface area contributed by atoms with Crippen molar-refractivity contribution in [2.75, 3.05) is 14.2 Å². The molecule has 0 saturated carbocycles. The summed E-state index contributed by atoms with van der Waals surface area (Å²) >= 11 is 0. The summed E-state index contributed by atoms with van der Waals surface area (Å²) in [5.74, 6) is 0. The molecule has 0 aliphatic heterocycles. The van der Waals surface area contributed by atoms with Gasteiger partial charge in [0.2, 0.25) is 0 Å². The van der Waals surface area contributed by atoms with E-state index in [-0.39, 0.29) is 0 Å². The molecule has 30 heavy (non-hydrogen) atoms. The first kappa shape index (κ1) is 20.1. The van der Waals surface area contributed by atoms with Crippen molar-refractivity contribution in [1.29, 1.82) is 0 Å². The topological polar surface area (TPSA) is 18.5 Å². The fraction of sp³-hybridized carbons (Fsp3) is 0.143. The lowest BCUT2D eigenvalue weighted by Gasteiger charge is -2.50. The van der Waals surface area contributed by atoms with Crippen LogP contribution in [0.4, 0.5) is 0 Å². The molecule has 0 atom stereocenters. The third-order valence-electron chi connectivity index (χ3n) is 5.83. The second-order valence-corrected chi connectivity index (χ2v) is 7.23. The molecule has 2 nitrogen and oxygen atoms in total. The maximum atomic E-state index is 6.55. The van der Waals surface area contributed by atoms with Crippen LogP contribution in [0.15, 0.2) is 121 Å². The number of rotatable bonds is 7. The van der Waals surface area contributed by atoms with Gasteiger partial charge in [0.05, 0.1) is 0 Å². The Kier molecular flexibility index (Phi) is 5.80. The van der Waals surface area contributed by atoms with Crippen molar-refractivity contribution >= 4 is 0 Å². The molecule has 0 saturated heterocycles. The summed E-state index contributed by atoms with van der Waals surface area (Å²) < 4.78 is 13.1. The predicted octanol–water partition coefficient (Wildman–Crippen LogP) is 6.17. The lowest BCUT2D eigenvalue weighted by molar-refractivity contribution is -0.153. The van der Waals surface area contributed by atoms with Gasteiger partial charge in [-0.1, -0.05) is 121 Å². The molecule has 4 rings (SSSR count). The highest BCUT2D eigenvalue weighted by Gasteiger charge is 2.57. The summed E-state index contributed by atoms with van der Waals surface area (Å²) in [5.41, 5.74) is 2.24. The van der Waals surface area contributed by atoms with Gasteiger partial charge in [-0.05, 0) is 22.3 Å². The highest BCUT2D eigenvalue weighted by molar-refractivity contribution is 5.51. The monoisotopic (exact) mass is 394 g/mol. The van der Waals surface area contributed by atoms with E-state index < -0.39 is 11.2 Å². The normalized spacial score (nSPS) is 11.9. The van der Waals surface area contributed by atoms with E-state index in [2.05, 4.69) is 48.5 Å². The largest absolute Gasteiger partial charge is 0.365 e. The van der Waals surface area contributed by atoms with Gasteiger partial charge in [-0.15, -0.1) is 0 Å². The van der Waals surface area contributed by atoms with Gasteiger partial charge in [0.25, 0.3) is 0 Å². The zero-order valence-electron chi connectivity index (χ0n) is 17.4. The molecule has 0 aromatic heterocycles. The van der Waals surface area contributed by atoms with Crippen LogP contribution in [0, 0.1) is 0 Å². The minimum absolute atomic E-state index is 0.924. The van der Waals surface area contributed by atoms with E-state index in [9.17, 15) is 0 Å². The number of hydrogen-bond donors (Lipinski definition) is 0. The van der Waals surface area contributed by atoms with Crippen LogP contribution in [0.2, 0.25) is 0 Å². The second-order valence-electron chi connectivity index (χ2n) is 7.23. The average molecular weight is 395 g/mol. The summed E-state index contributed by atoms with van der Waals surface area (Å²) in [4.78, 5) is 0. The van der Waals surface area contributed by atoms with Crippen LogP contribution < -0.4 is 0 Å². The van der Waals surface area contributed by atoms with E-state index in [1.807, 2.05) is 72.8 Å². The molecule has 4 aromatic carbocycles. The van der Waals surface area contributed by atoms with E-state index in [0.717, 1.165) is 22.3 Å². The Labute approximate surface area is 178 Å². The molecule has 0 aliphatic carbocycles. The second kappa shape index (κ2) is 8.66. The van der Waals surface area contributed by atoms with Gasteiger partial charge in [0, 0.05) is 14.2 Å². The van der Waals surface area contributed by atoms with Crippen LogP contribution in [-0.4, -0.2) is 14.2 Å². The summed E-state index contributed by atoms with van der Waals surface area (Å²) in [5, 5.41) is 0. The molecule has 0 heterocycles. The molecule has 0 aliphatic rings. The molecule has 0 amide bonds. The van der Waals surface area contributed by atoms with Crippen LogP contribution in [-0.2, 0) is 20.7 Å². The summed E-state index contributed by atoms with van der Waals surface area (Å²) in [6.45, 7) is 0. The van der Waals surface area contributed by atoms with Crippen molar-refractivity contribution in [2.24, 2.45) is 0 Å². The first-order valence-corrected chi connectivity index (χ1v) is 10.1. The van der Waals surface area contributed by atoms with Crippen molar-refractivity contribution in [3.8, 4) is 0 Å². The van der Waals surface area contributed by atoms with E-state index in [1.54, 1.807) is 14.2 Å². The summed E-state index contributed by atoms with van der Waals surface area (Å²) in [6, 6.07) is 41.3. The fourth-order valence-electron chi connectivity index (χ4n) is 4.60. The maximum absolute atomic E-state index is 6.55. The van der Waals surface area contributed by atoms with E-state index in [0.29, 0.717) is 0 Å². The molecular formula is C28H26O2. The Morgan fingerprint density at radius 3 is 0.733 bits per heavy atom. The van der Waals surface area contributed by atoms with E-state index in [1.165, 1.54) is 0 Å². The van der Waals surface area contributed by atoms with Gasteiger partial charge in [0.15, 0.2) is 11.2 Å². The standard InChI is InChI=1S/C28H26O2/c1-29-27(23-15-7-3-8-16-23,24-17-9-4-10-18-24)28(30-2,25-19-11-5-12-20-25)26-21-13-6-14-22-26/h3-22H,1-2H3. The highest BCUT2D eigenvalue weighted by atomic mass is 16.5. The average Bonchev–Trinajstić information content (AvgIpc) is 2.85. The lowest BCUT2D eigenvalue weighted by Crippen LogP contribution is -2.53. The molecule has 0 bridgehead atoms. The molecule has 4 aromatic rings. The van der Waals surface area contributed by atoms with Crippen molar-refractivity contribution in [3.63, 3.8) is 0 Å². The molecule has 0 radical (unpaired) electrons. The molecule has 0 fully saturated rings. The predicted molar refractivity (Wildman–Crippen MR) is 121 cm³/mol. The molecular weight excluding hydrogens is 368 g/mol. The molecule has 2 heteroatoms. The zero-order valence-corrected chi connectivity index (χ0v) is 17.4. The Morgan fingerprint density at radius 2 is 0.567 bits per heavy atom. The molecule has 0 N–H and O–H groups in total. The van der Waals surface area contributed by atoms with Crippen LogP contribution in [0.1, 0.15) is 22.3 Å². The SMILES string of the molecule is COC(c1ccccc1)(c1ccccc1)C(OC)(c1ccccc1)c1ccccc1. The number of ether oxygens (including phenoxy) is 2. The van der Waals surface area contributed by atoms with Crippen molar-refractivity contribution in [2.45, 2.75) is 11.2 Å². The van der Waals surface area contributed by atoms with Gasteiger partial charge in [-0.2, -0.15) is 0 Å². The Bertz CT molecular complexity index is 877. The fourth-order valence-corrected chi connectivity index (χ4v) is 4.60. The third-order valence-corrected chi connectivity index (χ3v) is 5.83. The van der Waals surface area contributed by atoms with Gasteiger partial charge in [-0.25, -0.2) is 0 Å².